The van der Waals surface area contributed by atoms with E-state index in [0.29, 0.717) is 31.6 Å². The largest absolute Gasteiger partial charge is 0.416 e. The lowest BCUT2D eigenvalue weighted by Gasteiger charge is -2.23. The zero-order valence-corrected chi connectivity index (χ0v) is 16.0. The lowest BCUT2D eigenvalue weighted by Crippen LogP contribution is -2.31. The standard InChI is InChI=1S/C16H16F3N5O4S/c1-10-9-29-15(20-10)22-4-2-3-21(5-6-22)14-12(23(25)26)7-11(16(17,18)19)8-13(14)24(27)28/h7-9H,2-6H2,1H3. The molecule has 1 fully saturated rings. The molecule has 29 heavy (non-hydrogen) atoms. The molecule has 2 heterocycles. The highest BCUT2D eigenvalue weighted by Crippen LogP contribution is 2.43. The maximum Gasteiger partial charge on any atom is 0.416 e. The number of nitrogens with zero attached hydrogens (tertiary/aromatic N) is 5. The number of nitro groups is 2. The first-order valence-corrected chi connectivity index (χ1v) is 9.42. The molecule has 0 atom stereocenters. The van der Waals surface area contributed by atoms with Gasteiger partial charge in [-0.3, -0.25) is 20.2 Å². The van der Waals surface area contributed by atoms with E-state index < -0.39 is 38.6 Å². The lowest BCUT2D eigenvalue weighted by molar-refractivity contribution is -0.393. The van der Waals surface area contributed by atoms with Gasteiger partial charge < -0.3 is 9.80 Å². The molecule has 1 aliphatic rings. The summed E-state index contributed by atoms with van der Waals surface area (Å²) >= 11 is 1.44. The molecule has 0 aliphatic carbocycles. The van der Waals surface area contributed by atoms with Crippen molar-refractivity contribution in [3.63, 3.8) is 0 Å². The molecule has 3 rings (SSSR count). The van der Waals surface area contributed by atoms with Crippen LogP contribution in [0.2, 0.25) is 0 Å². The molecule has 0 N–H and O–H groups in total. The minimum atomic E-state index is -4.94. The molecular formula is C16H16F3N5O4S. The summed E-state index contributed by atoms with van der Waals surface area (Å²) in [4.78, 5) is 28.7. The van der Waals surface area contributed by atoms with Crippen LogP contribution in [0.3, 0.4) is 0 Å². The van der Waals surface area contributed by atoms with Crippen LogP contribution in [0.4, 0.5) is 35.4 Å². The number of alkyl halides is 3. The molecule has 0 bridgehead atoms. The Bertz CT molecular complexity index is 914. The van der Waals surface area contributed by atoms with E-state index in [1.807, 2.05) is 17.2 Å². The van der Waals surface area contributed by atoms with Crippen molar-refractivity contribution in [2.24, 2.45) is 0 Å². The number of thiazole rings is 1. The van der Waals surface area contributed by atoms with E-state index in [2.05, 4.69) is 4.98 Å². The van der Waals surface area contributed by atoms with Gasteiger partial charge in [0.05, 0.1) is 21.1 Å². The predicted octanol–water partition coefficient (Wildman–Crippen LogP) is 4.00. The Morgan fingerprint density at radius 3 is 2.07 bits per heavy atom. The minimum Gasteiger partial charge on any atom is -0.358 e. The summed E-state index contributed by atoms with van der Waals surface area (Å²) in [6.07, 6.45) is -4.43. The second-order valence-electron chi connectivity index (χ2n) is 6.47. The van der Waals surface area contributed by atoms with Gasteiger partial charge in [-0.15, -0.1) is 11.3 Å². The van der Waals surface area contributed by atoms with Gasteiger partial charge in [0, 0.05) is 43.7 Å². The van der Waals surface area contributed by atoms with Crippen molar-refractivity contribution in [1.29, 1.82) is 0 Å². The zero-order valence-electron chi connectivity index (χ0n) is 15.2. The van der Waals surface area contributed by atoms with Crippen molar-refractivity contribution in [2.75, 3.05) is 36.0 Å². The molecule has 0 amide bonds. The van der Waals surface area contributed by atoms with Crippen LogP contribution in [-0.4, -0.2) is 41.0 Å². The second kappa shape index (κ2) is 7.81. The summed E-state index contributed by atoms with van der Waals surface area (Å²) in [5.74, 6) is 0. The first-order valence-electron chi connectivity index (χ1n) is 8.54. The normalized spacial score (nSPS) is 15.3. The highest BCUT2D eigenvalue weighted by atomic mass is 32.1. The van der Waals surface area contributed by atoms with Gasteiger partial charge in [-0.05, 0) is 13.3 Å². The first-order chi connectivity index (χ1) is 13.6. The molecule has 13 heteroatoms. The Morgan fingerprint density at radius 2 is 1.59 bits per heavy atom. The van der Waals surface area contributed by atoms with Crippen molar-refractivity contribution in [1.82, 2.24) is 4.98 Å². The molecule has 156 valence electrons. The van der Waals surface area contributed by atoms with Crippen molar-refractivity contribution >= 4 is 33.5 Å². The van der Waals surface area contributed by atoms with E-state index in [1.54, 1.807) is 0 Å². The molecule has 0 spiro atoms. The number of hydrogen-bond donors (Lipinski definition) is 0. The third kappa shape index (κ3) is 4.39. The van der Waals surface area contributed by atoms with Gasteiger partial charge in [-0.25, -0.2) is 4.98 Å². The van der Waals surface area contributed by atoms with E-state index in [1.165, 1.54) is 16.2 Å². The molecule has 1 saturated heterocycles. The number of halogens is 3. The highest BCUT2D eigenvalue weighted by molar-refractivity contribution is 7.13. The van der Waals surface area contributed by atoms with E-state index in [-0.39, 0.29) is 13.1 Å². The van der Waals surface area contributed by atoms with Crippen molar-refractivity contribution in [3.8, 4) is 0 Å². The van der Waals surface area contributed by atoms with E-state index in [4.69, 9.17) is 0 Å². The van der Waals surface area contributed by atoms with Gasteiger partial charge in [0.25, 0.3) is 11.4 Å². The van der Waals surface area contributed by atoms with Crippen molar-refractivity contribution in [2.45, 2.75) is 19.5 Å². The molecule has 1 aromatic heterocycles. The van der Waals surface area contributed by atoms with Crippen LogP contribution in [0.1, 0.15) is 17.7 Å². The Kier molecular flexibility index (Phi) is 5.59. The molecule has 0 saturated carbocycles. The molecule has 1 aromatic carbocycles. The fourth-order valence-corrected chi connectivity index (χ4v) is 4.05. The summed E-state index contributed by atoms with van der Waals surface area (Å²) in [7, 11) is 0. The van der Waals surface area contributed by atoms with Gasteiger partial charge in [0.1, 0.15) is 0 Å². The fraction of sp³-hybridized carbons (Fsp3) is 0.438. The molecule has 0 unspecified atom stereocenters. The summed E-state index contributed by atoms with van der Waals surface area (Å²) in [6.45, 7) is 3.20. The quantitative estimate of drug-likeness (QED) is 0.532. The molecule has 9 nitrogen and oxygen atoms in total. The van der Waals surface area contributed by atoms with Gasteiger partial charge in [-0.2, -0.15) is 13.2 Å². The zero-order chi connectivity index (χ0) is 21.3. The van der Waals surface area contributed by atoms with Crippen LogP contribution in [0.15, 0.2) is 17.5 Å². The Morgan fingerprint density at radius 1 is 1.03 bits per heavy atom. The Balaban J connectivity index is 2.00. The summed E-state index contributed by atoms with van der Waals surface area (Å²) in [5, 5.41) is 25.6. The maximum atomic E-state index is 13.1. The average molecular weight is 431 g/mol. The van der Waals surface area contributed by atoms with Crippen LogP contribution in [0.25, 0.3) is 0 Å². The molecular weight excluding hydrogens is 415 g/mol. The number of benzene rings is 1. The number of aryl methyl sites for hydroxylation is 1. The smallest absolute Gasteiger partial charge is 0.358 e. The number of rotatable bonds is 4. The third-order valence-electron chi connectivity index (χ3n) is 4.48. The van der Waals surface area contributed by atoms with Crippen LogP contribution in [0.5, 0.6) is 0 Å². The number of anilines is 2. The maximum absolute atomic E-state index is 13.1. The predicted molar refractivity (Wildman–Crippen MR) is 101 cm³/mol. The monoisotopic (exact) mass is 431 g/mol. The van der Waals surface area contributed by atoms with Crippen LogP contribution in [0, 0.1) is 27.2 Å². The fourth-order valence-electron chi connectivity index (χ4n) is 3.19. The van der Waals surface area contributed by atoms with Crippen LogP contribution in [-0.2, 0) is 6.18 Å². The minimum absolute atomic E-state index is 0.172. The summed E-state index contributed by atoms with van der Waals surface area (Å²) < 4.78 is 39.2. The van der Waals surface area contributed by atoms with Crippen LogP contribution < -0.4 is 9.80 Å². The van der Waals surface area contributed by atoms with E-state index in [9.17, 15) is 33.4 Å². The van der Waals surface area contributed by atoms with E-state index >= 15 is 0 Å². The Hall–Kier alpha value is -2.96. The highest BCUT2D eigenvalue weighted by Gasteiger charge is 2.39. The topological polar surface area (TPSA) is 106 Å². The van der Waals surface area contributed by atoms with Crippen LogP contribution >= 0.6 is 11.3 Å². The Labute approximate surface area is 166 Å². The molecule has 1 aliphatic heterocycles. The van der Waals surface area contributed by atoms with E-state index in [0.717, 1.165) is 10.8 Å². The van der Waals surface area contributed by atoms with Gasteiger partial charge >= 0.3 is 6.18 Å². The molecule has 2 aromatic rings. The van der Waals surface area contributed by atoms with Gasteiger partial charge in [0.15, 0.2) is 10.8 Å². The van der Waals surface area contributed by atoms with Crippen molar-refractivity contribution in [3.05, 3.63) is 49.0 Å². The average Bonchev–Trinajstić information content (AvgIpc) is 2.92. The number of hydrogen-bond acceptors (Lipinski definition) is 8. The molecule has 0 radical (unpaired) electrons. The summed E-state index contributed by atoms with van der Waals surface area (Å²) in [5.41, 5.74) is -2.82. The lowest BCUT2D eigenvalue weighted by atomic mass is 10.1. The van der Waals surface area contributed by atoms with Crippen molar-refractivity contribution < 1.29 is 23.0 Å². The number of aromatic nitrogens is 1. The number of nitro benzene ring substituents is 2. The summed E-state index contributed by atoms with van der Waals surface area (Å²) in [6, 6.07) is 0.713. The van der Waals surface area contributed by atoms with Gasteiger partial charge in [0.2, 0.25) is 0 Å². The second-order valence-corrected chi connectivity index (χ2v) is 7.31. The SMILES string of the molecule is Cc1csc(N2CCCN(c3c([N+](=O)[O-])cc(C(F)(F)F)cc3[N+](=O)[O-])CC2)n1. The van der Waals surface area contributed by atoms with Gasteiger partial charge in [-0.1, -0.05) is 0 Å². The first kappa shape index (κ1) is 20.8. The third-order valence-corrected chi connectivity index (χ3v) is 5.50.